The maximum absolute atomic E-state index is 2.26. The SMILES string of the molecule is Cc1cc2c(C)cccc2s1. The van der Waals surface area contributed by atoms with E-state index in [1.165, 1.54) is 20.5 Å². The third-order valence-corrected chi connectivity index (χ3v) is 2.92. The summed E-state index contributed by atoms with van der Waals surface area (Å²) in [6, 6.07) is 8.72. The largest absolute Gasteiger partial charge is 0.141 e. The van der Waals surface area contributed by atoms with Crippen molar-refractivity contribution in [3.63, 3.8) is 0 Å². The van der Waals surface area contributed by atoms with Crippen molar-refractivity contribution in [1.82, 2.24) is 0 Å². The molecule has 1 aromatic heterocycles. The summed E-state index contributed by atoms with van der Waals surface area (Å²) in [5.41, 5.74) is 1.38. The molecule has 0 spiro atoms. The van der Waals surface area contributed by atoms with Gasteiger partial charge in [-0.3, -0.25) is 0 Å². The molecule has 11 heavy (non-hydrogen) atoms. The molecule has 2 aromatic rings. The third-order valence-electron chi connectivity index (χ3n) is 1.90. The van der Waals surface area contributed by atoms with E-state index >= 15 is 0 Å². The molecule has 0 amide bonds. The Balaban J connectivity index is 2.90. The minimum atomic E-state index is 1.38. The Kier molecular flexibility index (Phi) is 1.46. The van der Waals surface area contributed by atoms with Gasteiger partial charge in [-0.2, -0.15) is 0 Å². The highest BCUT2D eigenvalue weighted by Gasteiger charge is 1.98. The first-order chi connectivity index (χ1) is 5.27. The highest BCUT2D eigenvalue weighted by Crippen LogP contribution is 2.26. The summed E-state index contributed by atoms with van der Waals surface area (Å²) >= 11 is 1.87. The summed E-state index contributed by atoms with van der Waals surface area (Å²) in [5, 5.41) is 1.41. The normalized spacial score (nSPS) is 10.7. The molecule has 1 aromatic carbocycles. The molecule has 0 nitrogen and oxygen atoms in total. The molecule has 0 saturated heterocycles. The van der Waals surface area contributed by atoms with Crippen molar-refractivity contribution in [3.05, 3.63) is 34.7 Å². The van der Waals surface area contributed by atoms with Crippen LogP contribution in [0.2, 0.25) is 0 Å². The summed E-state index contributed by atoms with van der Waals surface area (Å²) in [5.74, 6) is 0. The van der Waals surface area contributed by atoms with Crippen LogP contribution in [-0.4, -0.2) is 0 Å². The molecular weight excluding hydrogens is 152 g/mol. The first-order valence-electron chi connectivity index (χ1n) is 3.73. The Morgan fingerprint density at radius 3 is 2.73 bits per heavy atom. The maximum Gasteiger partial charge on any atom is 0.0348 e. The van der Waals surface area contributed by atoms with Crippen molar-refractivity contribution in [1.29, 1.82) is 0 Å². The highest BCUT2D eigenvalue weighted by molar-refractivity contribution is 7.19. The molecule has 0 aliphatic heterocycles. The predicted octanol–water partition coefficient (Wildman–Crippen LogP) is 3.52. The van der Waals surface area contributed by atoms with Gasteiger partial charge >= 0.3 is 0 Å². The second-order valence-corrected chi connectivity index (χ2v) is 4.13. The molecule has 0 saturated carbocycles. The summed E-state index contributed by atoms with van der Waals surface area (Å²) in [6.45, 7) is 4.32. The molecule has 1 heteroatoms. The average molecular weight is 162 g/mol. The van der Waals surface area contributed by atoms with Crippen LogP contribution in [-0.2, 0) is 0 Å². The van der Waals surface area contributed by atoms with Crippen LogP contribution in [0.25, 0.3) is 10.1 Å². The zero-order valence-corrected chi connectivity index (χ0v) is 7.53. The molecule has 2 rings (SSSR count). The van der Waals surface area contributed by atoms with E-state index in [1.807, 2.05) is 11.3 Å². The van der Waals surface area contributed by atoms with Crippen molar-refractivity contribution < 1.29 is 0 Å². The molecular formula is C10H10S. The van der Waals surface area contributed by atoms with Crippen LogP contribution >= 0.6 is 11.3 Å². The van der Waals surface area contributed by atoms with Crippen LogP contribution in [0, 0.1) is 13.8 Å². The van der Waals surface area contributed by atoms with Gasteiger partial charge in [-0.25, -0.2) is 0 Å². The number of hydrogen-bond acceptors (Lipinski definition) is 1. The van der Waals surface area contributed by atoms with E-state index in [0.29, 0.717) is 0 Å². The van der Waals surface area contributed by atoms with Gasteiger partial charge in [0.1, 0.15) is 0 Å². The lowest BCUT2D eigenvalue weighted by Gasteiger charge is -1.91. The van der Waals surface area contributed by atoms with Gasteiger partial charge in [0.15, 0.2) is 0 Å². The quantitative estimate of drug-likeness (QED) is 0.556. The summed E-state index contributed by atoms with van der Waals surface area (Å²) < 4.78 is 1.41. The van der Waals surface area contributed by atoms with E-state index in [2.05, 4.69) is 38.1 Å². The number of hydrogen-bond donors (Lipinski definition) is 0. The van der Waals surface area contributed by atoms with E-state index in [1.54, 1.807) is 0 Å². The summed E-state index contributed by atoms with van der Waals surface area (Å²) in [4.78, 5) is 1.40. The van der Waals surface area contributed by atoms with Crippen molar-refractivity contribution in [3.8, 4) is 0 Å². The molecule has 0 radical (unpaired) electrons. The Morgan fingerprint density at radius 2 is 2.00 bits per heavy atom. The number of fused-ring (bicyclic) bond motifs is 1. The predicted molar refractivity (Wildman–Crippen MR) is 51.3 cm³/mol. The molecule has 0 bridgehead atoms. The smallest absolute Gasteiger partial charge is 0.0348 e. The molecule has 1 heterocycles. The van der Waals surface area contributed by atoms with E-state index < -0.39 is 0 Å². The van der Waals surface area contributed by atoms with E-state index in [9.17, 15) is 0 Å². The minimum Gasteiger partial charge on any atom is -0.141 e. The van der Waals surface area contributed by atoms with Gasteiger partial charge in [0.05, 0.1) is 0 Å². The molecule has 0 unspecified atom stereocenters. The number of benzene rings is 1. The lowest BCUT2D eigenvalue weighted by molar-refractivity contribution is 1.54. The first kappa shape index (κ1) is 6.86. The lowest BCUT2D eigenvalue weighted by Crippen LogP contribution is -1.69. The minimum absolute atomic E-state index is 1.38. The van der Waals surface area contributed by atoms with Crippen LogP contribution in [0.5, 0.6) is 0 Å². The van der Waals surface area contributed by atoms with Gasteiger partial charge in [-0.05, 0) is 36.9 Å². The molecule has 0 atom stereocenters. The maximum atomic E-state index is 2.26. The lowest BCUT2D eigenvalue weighted by atomic mass is 10.1. The second kappa shape index (κ2) is 2.35. The van der Waals surface area contributed by atoms with Gasteiger partial charge in [-0.15, -0.1) is 11.3 Å². The average Bonchev–Trinajstić information content (AvgIpc) is 2.31. The molecule has 56 valence electrons. The summed E-state index contributed by atoms with van der Waals surface area (Å²) in [6.07, 6.45) is 0. The third kappa shape index (κ3) is 1.05. The van der Waals surface area contributed by atoms with Crippen LogP contribution in [0.15, 0.2) is 24.3 Å². The van der Waals surface area contributed by atoms with Gasteiger partial charge in [0.25, 0.3) is 0 Å². The molecule has 0 N–H and O–H groups in total. The van der Waals surface area contributed by atoms with E-state index in [-0.39, 0.29) is 0 Å². The molecule has 0 aliphatic carbocycles. The summed E-state index contributed by atoms with van der Waals surface area (Å²) in [7, 11) is 0. The molecule has 0 aliphatic rings. The van der Waals surface area contributed by atoms with Crippen molar-refractivity contribution >= 4 is 21.4 Å². The number of rotatable bonds is 0. The highest BCUT2D eigenvalue weighted by atomic mass is 32.1. The van der Waals surface area contributed by atoms with Gasteiger partial charge in [0.2, 0.25) is 0 Å². The van der Waals surface area contributed by atoms with Crippen LogP contribution in [0.4, 0.5) is 0 Å². The standard InChI is InChI=1S/C10H10S/c1-7-4-3-5-10-9(7)6-8(2)11-10/h3-6H,1-2H3. The van der Waals surface area contributed by atoms with Crippen molar-refractivity contribution in [2.24, 2.45) is 0 Å². The Hall–Kier alpha value is -0.820. The topological polar surface area (TPSA) is 0 Å². The van der Waals surface area contributed by atoms with E-state index in [4.69, 9.17) is 0 Å². The Morgan fingerprint density at radius 1 is 1.18 bits per heavy atom. The fraction of sp³-hybridized carbons (Fsp3) is 0.200. The van der Waals surface area contributed by atoms with Crippen molar-refractivity contribution in [2.75, 3.05) is 0 Å². The Labute approximate surface area is 70.5 Å². The Bertz CT molecular complexity index is 385. The fourth-order valence-corrected chi connectivity index (χ4v) is 2.33. The monoisotopic (exact) mass is 162 g/mol. The zero-order chi connectivity index (χ0) is 7.84. The fourth-order valence-electron chi connectivity index (χ4n) is 1.33. The molecule has 0 fully saturated rings. The van der Waals surface area contributed by atoms with Crippen LogP contribution in [0.1, 0.15) is 10.4 Å². The van der Waals surface area contributed by atoms with Gasteiger partial charge in [0, 0.05) is 9.58 Å². The van der Waals surface area contributed by atoms with Crippen LogP contribution in [0.3, 0.4) is 0 Å². The van der Waals surface area contributed by atoms with Crippen molar-refractivity contribution in [2.45, 2.75) is 13.8 Å². The van der Waals surface area contributed by atoms with Crippen LogP contribution < -0.4 is 0 Å². The zero-order valence-electron chi connectivity index (χ0n) is 6.72. The second-order valence-electron chi connectivity index (χ2n) is 2.84. The van der Waals surface area contributed by atoms with Gasteiger partial charge < -0.3 is 0 Å². The first-order valence-corrected chi connectivity index (χ1v) is 4.55. The number of aryl methyl sites for hydroxylation is 2. The number of thiophene rings is 1. The van der Waals surface area contributed by atoms with Gasteiger partial charge in [-0.1, -0.05) is 12.1 Å². The van der Waals surface area contributed by atoms with E-state index in [0.717, 1.165) is 0 Å².